The second-order valence-corrected chi connectivity index (χ2v) is 5.66. The van der Waals surface area contributed by atoms with E-state index in [0.717, 1.165) is 0 Å². The fraction of sp³-hybridized carbons (Fsp3) is 0.571. The number of alkyl halides is 3. The van der Waals surface area contributed by atoms with Crippen molar-refractivity contribution in [2.75, 3.05) is 26.7 Å². The molecule has 0 spiro atoms. The van der Waals surface area contributed by atoms with Crippen molar-refractivity contribution in [1.82, 2.24) is 9.88 Å². The summed E-state index contributed by atoms with van der Waals surface area (Å²) in [6, 6.07) is 1.48. The Morgan fingerprint density at radius 2 is 2.09 bits per heavy atom. The molecule has 0 bridgehead atoms. The number of hydrogen-bond donors (Lipinski definition) is 0. The maximum Gasteiger partial charge on any atom is 0.401 e. The molecule has 22 heavy (non-hydrogen) atoms. The quantitative estimate of drug-likeness (QED) is 0.795. The van der Waals surface area contributed by atoms with Crippen LogP contribution in [0.2, 0.25) is 5.02 Å². The molecule has 1 aliphatic rings. The second kappa shape index (κ2) is 6.83. The molecule has 0 atom stereocenters. The molecule has 0 radical (unpaired) electrons. The van der Waals surface area contributed by atoms with E-state index in [1.165, 1.54) is 24.3 Å². The standard InChI is InChI=1S/C14H16ClF3N2O2/c1-22-13(21)10-6-11(15)12(19-7-10)9-2-4-20(5-3-9)8-14(16,17)18/h6-7,9H,2-5,8H2,1H3. The summed E-state index contributed by atoms with van der Waals surface area (Å²) in [6.07, 6.45) is -1.68. The minimum Gasteiger partial charge on any atom is -0.465 e. The summed E-state index contributed by atoms with van der Waals surface area (Å²) in [5.74, 6) is -0.523. The van der Waals surface area contributed by atoms with Crippen molar-refractivity contribution in [1.29, 1.82) is 0 Å². The monoisotopic (exact) mass is 336 g/mol. The molecule has 1 aromatic rings. The van der Waals surface area contributed by atoms with Gasteiger partial charge in [-0.15, -0.1) is 0 Å². The number of esters is 1. The molecular weight excluding hydrogens is 321 g/mol. The summed E-state index contributed by atoms with van der Waals surface area (Å²) in [4.78, 5) is 17.0. The molecule has 2 heterocycles. The Morgan fingerprint density at radius 3 is 2.59 bits per heavy atom. The van der Waals surface area contributed by atoms with Gasteiger partial charge >= 0.3 is 12.1 Å². The third kappa shape index (κ3) is 4.33. The first-order chi connectivity index (χ1) is 10.3. The van der Waals surface area contributed by atoms with Crippen molar-refractivity contribution in [2.24, 2.45) is 0 Å². The molecule has 8 heteroatoms. The second-order valence-electron chi connectivity index (χ2n) is 5.25. The van der Waals surface area contributed by atoms with E-state index in [2.05, 4.69) is 9.72 Å². The van der Waals surface area contributed by atoms with Crippen LogP contribution >= 0.6 is 11.6 Å². The number of likely N-dealkylation sites (tertiary alicyclic amines) is 1. The first-order valence-corrected chi connectivity index (χ1v) is 7.21. The van der Waals surface area contributed by atoms with Gasteiger partial charge in [-0.05, 0) is 32.0 Å². The average Bonchev–Trinajstić information content (AvgIpc) is 2.46. The number of carbonyl (C=O) groups excluding carboxylic acids is 1. The van der Waals surface area contributed by atoms with Gasteiger partial charge in [-0.3, -0.25) is 9.88 Å². The Kier molecular flexibility index (Phi) is 5.28. The molecule has 4 nitrogen and oxygen atoms in total. The maximum absolute atomic E-state index is 12.4. The van der Waals surface area contributed by atoms with Gasteiger partial charge in [0.15, 0.2) is 0 Å². The van der Waals surface area contributed by atoms with Crippen molar-refractivity contribution >= 4 is 17.6 Å². The van der Waals surface area contributed by atoms with Crippen LogP contribution in [0.15, 0.2) is 12.3 Å². The minimum absolute atomic E-state index is 0.00341. The molecule has 1 aliphatic heterocycles. The third-order valence-corrected chi connectivity index (χ3v) is 3.97. The predicted octanol–water partition coefficient (Wildman–Crippen LogP) is 3.26. The lowest BCUT2D eigenvalue weighted by atomic mass is 9.92. The summed E-state index contributed by atoms with van der Waals surface area (Å²) in [5.41, 5.74) is 0.881. The van der Waals surface area contributed by atoms with Gasteiger partial charge in [0.25, 0.3) is 0 Å². The zero-order chi connectivity index (χ0) is 16.3. The summed E-state index contributed by atoms with van der Waals surface area (Å²) in [7, 11) is 1.26. The van der Waals surface area contributed by atoms with Crippen molar-refractivity contribution < 1.29 is 22.7 Å². The van der Waals surface area contributed by atoms with Gasteiger partial charge in [0.05, 0.1) is 29.9 Å². The van der Waals surface area contributed by atoms with Crippen LogP contribution in [0.5, 0.6) is 0 Å². The fourth-order valence-electron chi connectivity index (χ4n) is 2.60. The van der Waals surface area contributed by atoms with Crippen molar-refractivity contribution in [3.05, 3.63) is 28.5 Å². The van der Waals surface area contributed by atoms with Crippen LogP contribution in [-0.2, 0) is 4.74 Å². The number of piperidine rings is 1. The Balaban J connectivity index is 2.01. The van der Waals surface area contributed by atoms with Gasteiger partial charge in [-0.1, -0.05) is 11.6 Å². The van der Waals surface area contributed by atoms with Gasteiger partial charge in [-0.2, -0.15) is 13.2 Å². The zero-order valence-corrected chi connectivity index (χ0v) is 12.7. The molecule has 1 aromatic heterocycles. The number of ether oxygens (including phenoxy) is 1. The van der Waals surface area contributed by atoms with Crippen molar-refractivity contribution in [3.8, 4) is 0 Å². The molecule has 2 rings (SSSR count). The number of methoxy groups -OCH3 is 1. The third-order valence-electron chi connectivity index (χ3n) is 3.67. The Labute approximate surface area is 131 Å². The summed E-state index contributed by atoms with van der Waals surface area (Å²) in [6.45, 7) is -0.190. The number of hydrogen-bond acceptors (Lipinski definition) is 4. The molecule has 0 saturated carbocycles. The zero-order valence-electron chi connectivity index (χ0n) is 12.0. The molecule has 0 aromatic carbocycles. The lowest BCUT2D eigenvalue weighted by molar-refractivity contribution is -0.147. The number of pyridine rings is 1. The number of nitrogens with zero attached hydrogens (tertiary/aromatic N) is 2. The van der Waals surface area contributed by atoms with Gasteiger partial charge < -0.3 is 4.74 Å². The number of aromatic nitrogens is 1. The largest absolute Gasteiger partial charge is 0.465 e. The highest BCUT2D eigenvalue weighted by molar-refractivity contribution is 6.31. The van der Waals surface area contributed by atoms with E-state index in [-0.39, 0.29) is 11.5 Å². The molecule has 122 valence electrons. The molecule has 0 unspecified atom stereocenters. The lowest BCUT2D eigenvalue weighted by Gasteiger charge is -2.32. The topological polar surface area (TPSA) is 42.4 Å². The van der Waals surface area contributed by atoms with Gasteiger partial charge in [0.2, 0.25) is 0 Å². The van der Waals surface area contributed by atoms with Gasteiger partial charge in [-0.25, -0.2) is 4.79 Å². The van der Waals surface area contributed by atoms with E-state index < -0.39 is 18.7 Å². The highest BCUT2D eigenvalue weighted by Crippen LogP contribution is 2.32. The molecule has 0 aliphatic carbocycles. The normalized spacial score (nSPS) is 17.5. The van der Waals surface area contributed by atoms with E-state index >= 15 is 0 Å². The first kappa shape index (κ1) is 17.0. The highest BCUT2D eigenvalue weighted by Gasteiger charge is 2.33. The molecule has 1 fully saturated rings. The Bertz CT molecular complexity index is 543. The van der Waals surface area contributed by atoms with Crippen molar-refractivity contribution in [2.45, 2.75) is 24.9 Å². The summed E-state index contributed by atoms with van der Waals surface area (Å²) >= 11 is 6.14. The molecule has 0 amide bonds. The van der Waals surface area contributed by atoms with E-state index in [0.29, 0.717) is 36.6 Å². The van der Waals surface area contributed by atoms with Gasteiger partial charge in [0.1, 0.15) is 0 Å². The number of carbonyl (C=O) groups is 1. The Hall–Kier alpha value is -1.34. The number of halogens is 4. The molecular formula is C14H16ClF3N2O2. The Morgan fingerprint density at radius 1 is 1.45 bits per heavy atom. The minimum atomic E-state index is -4.18. The predicted molar refractivity (Wildman–Crippen MR) is 75.1 cm³/mol. The smallest absolute Gasteiger partial charge is 0.401 e. The molecule has 0 N–H and O–H groups in total. The van der Waals surface area contributed by atoms with Crippen LogP contribution in [0.3, 0.4) is 0 Å². The van der Waals surface area contributed by atoms with Crippen LogP contribution in [0.25, 0.3) is 0 Å². The lowest BCUT2D eigenvalue weighted by Crippen LogP contribution is -2.39. The van der Waals surface area contributed by atoms with Gasteiger partial charge in [0, 0.05) is 12.1 Å². The fourth-order valence-corrected chi connectivity index (χ4v) is 2.92. The first-order valence-electron chi connectivity index (χ1n) is 6.83. The van der Waals surface area contributed by atoms with Crippen LogP contribution < -0.4 is 0 Å². The van der Waals surface area contributed by atoms with Crippen LogP contribution in [0.1, 0.15) is 34.8 Å². The van der Waals surface area contributed by atoms with Crippen molar-refractivity contribution in [3.63, 3.8) is 0 Å². The summed E-state index contributed by atoms with van der Waals surface area (Å²) < 4.78 is 41.7. The summed E-state index contributed by atoms with van der Waals surface area (Å²) in [5, 5.41) is 0.345. The van der Waals surface area contributed by atoms with Crippen LogP contribution in [0, 0.1) is 0 Å². The van der Waals surface area contributed by atoms with E-state index in [1.807, 2.05) is 0 Å². The van der Waals surface area contributed by atoms with Crippen LogP contribution in [-0.4, -0.2) is 48.8 Å². The van der Waals surface area contributed by atoms with E-state index in [4.69, 9.17) is 11.6 Å². The van der Waals surface area contributed by atoms with Crippen LogP contribution in [0.4, 0.5) is 13.2 Å². The SMILES string of the molecule is COC(=O)c1cnc(C2CCN(CC(F)(F)F)CC2)c(Cl)c1. The van der Waals surface area contributed by atoms with E-state index in [1.54, 1.807) is 0 Å². The van der Waals surface area contributed by atoms with E-state index in [9.17, 15) is 18.0 Å². The molecule has 1 saturated heterocycles. The maximum atomic E-state index is 12.4. The highest BCUT2D eigenvalue weighted by atomic mass is 35.5. The average molecular weight is 337 g/mol. The number of rotatable bonds is 3.